The first-order valence-electron chi connectivity index (χ1n) is 31.0. The predicted molar refractivity (Wildman–Crippen MR) is 382 cm³/mol. The van der Waals surface area contributed by atoms with Crippen LogP contribution in [0.25, 0.3) is 127 Å². The summed E-state index contributed by atoms with van der Waals surface area (Å²) < 4.78 is 10.5. The van der Waals surface area contributed by atoms with E-state index < -0.39 is 20.9 Å². The van der Waals surface area contributed by atoms with E-state index in [9.17, 15) is 0 Å². The Balaban J connectivity index is 1.00. The van der Waals surface area contributed by atoms with Gasteiger partial charge >= 0.3 is 535 Å². The number of para-hydroxylation sites is 7. The van der Waals surface area contributed by atoms with Crippen molar-refractivity contribution in [1.29, 1.82) is 0 Å². The third kappa shape index (κ3) is 7.69. The number of aromatic nitrogens is 3. The molecule has 2 aliphatic heterocycles. The summed E-state index contributed by atoms with van der Waals surface area (Å²) in [5, 5.41) is 7.46. The number of anilines is 3. The fourth-order valence-corrected chi connectivity index (χ4v) is 18.8. The van der Waals surface area contributed by atoms with Gasteiger partial charge in [-0.3, -0.25) is 0 Å². The van der Waals surface area contributed by atoms with Crippen LogP contribution in [0.15, 0.2) is 322 Å². The second-order valence-corrected chi connectivity index (χ2v) is 27.0. The first kappa shape index (κ1) is 51.2. The molecule has 0 fully saturated rings. The Kier molecular flexibility index (Phi) is 11.6. The molecular formula is C84H53BN4Te. The van der Waals surface area contributed by atoms with Gasteiger partial charge in [-0.25, -0.2) is 0 Å². The van der Waals surface area contributed by atoms with Crippen LogP contribution in [-0.4, -0.2) is 41.3 Å². The molecule has 3 aromatic heterocycles. The molecule has 2 aliphatic rings. The first-order valence-corrected chi connectivity index (χ1v) is 33.4. The number of fused-ring (bicyclic) bond motifs is 13. The van der Waals surface area contributed by atoms with Crippen LogP contribution in [0.3, 0.4) is 0 Å². The Morgan fingerprint density at radius 2 is 0.600 bits per heavy atom. The number of rotatable bonds is 8. The van der Waals surface area contributed by atoms with Gasteiger partial charge in [0.05, 0.1) is 0 Å². The second-order valence-electron chi connectivity index (χ2n) is 23.9. The summed E-state index contributed by atoms with van der Waals surface area (Å²) in [6, 6.07) is 121. The average Bonchev–Trinajstić information content (AvgIpc) is 0.826. The molecule has 6 heteroatoms. The van der Waals surface area contributed by atoms with Crippen LogP contribution in [0.4, 0.5) is 17.1 Å². The van der Waals surface area contributed by atoms with Crippen LogP contribution in [0.2, 0.25) is 0 Å². The van der Waals surface area contributed by atoms with E-state index in [1.165, 1.54) is 123 Å². The number of hydrogen-bond donors (Lipinski definition) is 0. The van der Waals surface area contributed by atoms with Gasteiger partial charge in [0.1, 0.15) is 0 Å². The Morgan fingerprint density at radius 3 is 1.02 bits per heavy atom. The van der Waals surface area contributed by atoms with Crippen LogP contribution in [0.5, 0.6) is 0 Å². The average molecular weight is 1260 g/mol. The summed E-state index contributed by atoms with van der Waals surface area (Å²) >= 11 is -1.15. The molecule has 0 aliphatic carbocycles. The summed E-state index contributed by atoms with van der Waals surface area (Å²) in [5.74, 6) is 0. The molecule has 4 nitrogen and oxygen atoms in total. The van der Waals surface area contributed by atoms with Gasteiger partial charge in [0, 0.05) is 0 Å². The van der Waals surface area contributed by atoms with E-state index in [1.807, 2.05) is 0 Å². The van der Waals surface area contributed by atoms with E-state index in [0.717, 1.165) is 45.0 Å². The molecule has 0 spiro atoms. The molecule has 90 heavy (non-hydrogen) atoms. The molecule has 0 saturated carbocycles. The van der Waals surface area contributed by atoms with Gasteiger partial charge in [-0.15, -0.1) is 0 Å². The fourth-order valence-electron chi connectivity index (χ4n) is 15.3. The van der Waals surface area contributed by atoms with E-state index in [1.54, 1.807) is 0 Å². The Labute approximate surface area is 531 Å². The fraction of sp³-hybridized carbons (Fsp3) is 0. The van der Waals surface area contributed by atoms with Crippen molar-refractivity contribution in [2.24, 2.45) is 0 Å². The van der Waals surface area contributed by atoms with Crippen LogP contribution in [-0.2, 0) is 0 Å². The maximum absolute atomic E-state index is 2.72. The van der Waals surface area contributed by atoms with Crippen molar-refractivity contribution in [1.82, 2.24) is 13.7 Å². The summed E-state index contributed by atoms with van der Waals surface area (Å²) in [6.45, 7) is -0.157. The van der Waals surface area contributed by atoms with E-state index in [2.05, 4.69) is 340 Å². The van der Waals surface area contributed by atoms with Gasteiger partial charge in [-0.05, 0) is 0 Å². The molecule has 17 aromatic rings. The Morgan fingerprint density at radius 1 is 0.244 bits per heavy atom. The van der Waals surface area contributed by atoms with E-state index in [-0.39, 0.29) is 6.71 Å². The molecule has 0 N–H and O–H groups in total. The van der Waals surface area contributed by atoms with Crippen molar-refractivity contribution in [3.05, 3.63) is 322 Å². The monoisotopic (exact) mass is 1260 g/mol. The van der Waals surface area contributed by atoms with Crippen molar-refractivity contribution in [2.45, 2.75) is 0 Å². The topological polar surface area (TPSA) is 18.0 Å². The van der Waals surface area contributed by atoms with Crippen molar-refractivity contribution in [3.8, 4) is 61.6 Å². The third-order valence-corrected chi connectivity index (χ3v) is 22.3. The van der Waals surface area contributed by atoms with Crippen molar-refractivity contribution >= 4 is 134 Å². The number of benzene rings is 14. The summed E-state index contributed by atoms with van der Waals surface area (Å²) in [5.41, 5.74) is 27.6. The number of nitrogens with zero attached hydrogens (tertiary/aromatic N) is 4. The van der Waals surface area contributed by atoms with E-state index in [0.29, 0.717) is 0 Å². The number of hydrogen-bond acceptors (Lipinski definition) is 1. The van der Waals surface area contributed by atoms with Crippen LogP contribution in [0, 0.1) is 0 Å². The zero-order chi connectivity index (χ0) is 59.0. The third-order valence-electron chi connectivity index (χ3n) is 19.1. The van der Waals surface area contributed by atoms with Gasteiger partial charge in [0.15, 0.2) is 0 Å². The van der Waals surface area contributed by atoms with Gasteiger partial charge in [0.25, 0.3) is 0 Å². The van der Waals surface area contributed by atoms with Gasteiger partial charge in [0.2, 0.25) is 0 Å². The second kappa shape index (κ2) is 20.4. The molecule has 0 amide bonds. The molecule has 418 valence electrons. The maximum atomic E-state index is 2.72. The molecule has 0 radical (unpaired) electrons. The zero-order valence-corrected chi connectivity index (χ0v) is 51.2. The first-order chi connectivity index (χ1) is 44.7. The Bertz CT molecular complexity index is 5550. The van der Waals surface area contributed by atoms with Gasteiger partial charge in [-0.1, -0.05) is 0 Å². The van der Waals surface area contributed by atoms with Crippen molar-refractivity contribution in [2.75, 3.05) is 4.90 Å². The summed E-state index contributed by atoms with van der Waals surface area (Å²) in [4.78, 5) is 2.72. The Hall–Kier alpha value is -10.9. The summed E-state index contributed by atoms with van der Waals surface area (Å²) in [7, 11) is 0. The molecule has 0 saturated heterocycles. The molecule has 5 heterocycles. The van der Waals surface area contributed by atoms with Crippen molar-refractivity contribution in [3.63, 3.8) is 0 Å². The molecular weight excluding hydrogens is 1200 g/mol. The van der Waals surface area contributed by atoms with Crippen LogP contribution < -0.4 is 28.5 Å². The molecule has 0 atom stereocenters. The molecule has 14 aromatic carbocycles. The summed E-state index contributed by atoms with van der Waals surface area (Å²) in [6.07, 6.45) is 0. The minimum atomic E-state index is -1.15. The van der Waals surface area contributed by atoms with Crippen molar-refractivity contribution < 1.29 is 0 Å². The normalized spacial score (nSPS) is 12.6. The molecule has 19 rings (SSSR count). The van der Waals surface area contributed by atoms with Crippen LogP contribution >= 0.6 is 0 Å². The zero-order valence-electron chi connectivity index (χ0n) is 48.9. The predicted octanol–water partition coefficient (Wildman–Crippen LogP) is 17.9. The van der Waals surface area contributed by atoms with Gasteiger partial charge < -0.3 is 0 Å². The minimum absolute atomic E-state index is 0.157. The van der Waals surface area contributed by atoms with Crippen LogP contribution in [0.1, 0.15) is 0 Å². The van der Waals surface area contributed by atoms with Gasteiger partial charge in [-0.2, -0.15) is 0 Å². The standard InChI is InChI=1S/C84H53BN4Te/c1-5-26-54(27-6-1)59-40-25-41-60(55-28-7-2-8-29-55)84(59)89-79-52-77(87-73-44-21-15-36-63(73)64-37-16-22-45-74(64)87)67(56-30-9-3-10-31-56)50-69(79)85-70-51-68(57-32-11-4-12-33-57)78(88-75-46-23-17-38-65(75)66-39-18-24-47-76(66)88)53-81(70)90-82-49-58(48-80(89)83(82)85)86-71-42-19-13-34-61(71)62-35-14-20-43-72(62)86/h1-53H. The molecule has 0 bridgehead atoms. The van der Waals surface area contributed by atoms with E-state index >= 15 is 0 Å². The quantitative estimate of drug-likeness (QED) is 0.139. The molecule has 0 unspecified atom stereocenters. The van der Waals surface area contributed by atoms with E-state index in [4.69, 9.17) is 0 Å². The SMILES string of the molecule is c1ccc(-c2cc3c(cc2-n2c4ccccc4c4ccccc42)[Te]c2cc(-n4c5ccccc5c5ccccc54)cc4c2B3c2cc(-c3ccccc3)c(-n3c5ccccc5c5ccccc53)cc2N4c2c(-c3ccccc3)cccc2-c2ccccc2)cc1.